The lowest BCUT2D eigenvalue weighted by Gasteiger charge is -2.37. The standard InChI is InChI=1S/C18H27FN4O2S/c1-18(2,3)25-17(24)21-9-8-20-16(26)23-12-10-22(11-13-23)15-7-5-4-6-14(15)19/h4-7H,8-13H2,1-3H3,(H,20,26)(H,21,24). The van der Waals surface area contributed by atoms with E-state index in [-0.39, 0.29) is 5.82 Å². The average molecular weight is 383 g/mol. The van der Waals surface area contributed by atoms with Gasteiger partial charge >= 0.3 is 6.09 Å². The minimum Gasteiger partial charge on any atom is -0.444 e. The highest BCUT2D eigenvalue weighted by Gasteiger charge is 2.21. The number of piperazine rings is 1. The quantitative estimate of drug-likeness (QED) is 0.616. The SMILES string of the molecule is CC(C)(C)OC(=O)NCCNC(=S)N1CCN(c2ccccc2F)CC1. The number of amides is 1. The third kappa shape index (κ3) is 6.33. The summed E-state index contributed by atoms with van der Waals surface area (Å²) in [5.74, 6) is -0.199. The molecule has 1 aliphatic rings. The predicted molar refractivity (Wildman–Crippen MR) is 105 cm³/mol. The molecule has 1 aromatic rings. The number of hydrogen-bond donors (Lipinski definition) is 2. The molecule has 2 rings (SSSR count). The Morgan fingerprint density at radius 1 is 1.15 bits per heavy atom. The number of halogens is 1. The number of carbonyl (C=O) groups excluding carboxylic acids is 1. The third-order valence-electron chi connectivity index (χ3n) is 3.83. The zero-order valence-corrected chi connectivity index (χ0v) is 16.4. The first-order valence-electron chi connectivity index (χ1n) is 8.75. The van der Waals surface area contributed by atoms with Crippen molar-refractivity contribution < 1.29 is 13.9 Å². The smallest absolute Gasteiger partial charge is 0.407 e. The molecular formula is C18H27FN4O2S. The van der Waals surface area contributed by atoms with Crippen LogP contribution >= 0.6 is 12.2 Å². The molecule has 1 saturated heterocycles. The molecule has 0 aromatic heterocycles. The molecule has 1 aromatic carbocycles. The molecule has 8 heteroatoms. The normalized spacial score (nSPS) is 14.8. The molecule has 2 N–H and O–H groups in total. The van der Waals surface area contributed by atoms with Gasteiger partial charge in [-0.3, -0.25) is 0 Å². The van der Waals surface area contributed by atoms with Gasteiger partial charge in [0, 0.05) is 39.3 Å². The Kier molecular flexibility index (Phi) is 7.02. The number of benzene rings is 1. The van der Waals surface area contributed by atoms with Crippen LogP contribution in [0.4, 0.5) is 14.9 Å². The first-order chi connectivity index (χ1) is 12.3. The Morgan fingerprint density at radius 3 is 2.38 bits per heavy atom. The molecule has 0 atom stereocenters. The topological polar surface area (TPSA) is 56.8 Å². The van der Waals surface area contributed by atoms with E-state index in [1.165, 1.54) is 6.07 Å². The van der Waals surface area contributed by atoms with E-state index in [9.17, 15) is 9.18 Å². The van der Waals surface area contributed by atoms with Crippen LogP contribution in [0.2, 0.25) is 0 Å². The first kappa shape index (κ1) is 20.2. The zero-order valence-electron chi connectivity index (χ0n) is 15.5. The molecule has 0 bridgehead atoms. The molecule has 6 nitrogen and oxygen atoms in total. The minimum absolute atomic E-state index is 0.199. The third-order valence-corrected chi connectivity index (χ3v) is 4.23. The Balaban J connectivity index is 1.67. The van der Waals surface area contributed by atoms with Gasteiger partial charge in [0.2, 0.25) is 0 Å². The fourth-order valence-electron chi connectivity index (χ4n) is 2.62. The van der Waals surface area contributed by atoms with E-state index >= 15 is 0 Å². The number of alkyl carbamates (subject to hydrolysis) is 1. The van der Waals surface area contributed by atoms with Crippen LogP contribution in [0.15, 0.2) is 24.3 Å². The number of hydrogen-bond acceptors (Lipinski definition) is 4. The number of nitrogens with one attached hydrogen (secondary N) is 2. The highest BCUT2D eigenvalue weighted by Crippen LogP contribution is 2.20. The monoisotopic (exact) mass is 382 g/mol. The van der Waals surface area contributed by atoms with Crippen molar-refractivity contribution in [2.75, 3.05) is 44.2 Å². The van der Waals surface area contributed by atoms with E-state index in [0.717, 1.165) is 13.1 Å². The molecule has 0 spiro atoms. The van der Waals surface area contributed by atoms with E-state index < -0.39 is 11.7 Å². The molecule has 26 heavy (non-hydrogen) atoms. The molecule has 0 saturated carbocycles. The maximum atomic E-state index is 13.9. The van der Waals surface area contributed by atoms with Gasteiger partial charge in [0.05, 0.1) is 5.69 Å². The van der Waals surface area contributed by atoms with Crippen molar-refractivity contribution in [3.05, 3.63) is 30.1 Å². The molecule has 1 amide bonds. The first-order valence-corrected chi connectivity index (χ1v) is 9.16. The maximum Gasteiger partial charge on any atom is 0.407 e. The van der Waals surface area contributed by atoms with Crippen molar-refractivity contribution in [2.24, 2.45) is 0 Å². The van der Waals surface area contributed by atoms with Crippen LogP contribution in [0.25, 0.3) is 0 Å². The molecule has 1 aliphatic heterocycles. The number of ether oxygens (including phenoxy) is 1. The molecule has 0 aliphatic carbocycles. The summed E-state index contributed by atoms with van der Waals surface area (Å²) in [6.45, 7) is 9.26. The van der Waals surface area contributed by atoms with Gasteiger partial charge < -0.3 is 25.2 Å². The van der Waals surface area contributed by atoms with E-state index in [1.807, 2.05) is 31.7 Å². The Hall–Kier alpha value is -2.09. The highest BCUT2D eigenvalue weighted by molar-refractivity contribution is 7.80. The van der Waals surface area contributed by atoms with E-state index in [1.54, 1.807) is 12.1 Å². The van der Waals surface area contributed by atoms with Crippen LogP contribution in [-0.4, -0.2) is 61.0 Å². The van der Waals surface area contributed by atoms with E-state index in [4.69, 9.17) is 17.0 Å². The second-order valence-corrected chi connectivity index (χ2v) is 7.47. The van der Waals surface area contributed by atoms with E-state index in [0.29, 0.717) is 37.0 Å². The molecule has 1 fully saturated rings. The molecule has 0 radical (unpaired) electrons. The Bertz CT molecular complexity index is 628. The van der Waals surface area contributed by atoms with Crippen LogP contribution in [0, 0.1) is 5.82 Å². The predicted octanol–water partition coefficient (Wildman–Crippen LogP) is 2.35. The summed E-state index contributed by atoms with van der Waals surface area (Å²) in [7, 11) is 0. The number of rotatable bonds is 4. The summed E-state index contributed by atoms with van der Waals surface area (Å²) in [5, 5.41) is 6.45. The van der Waals surface area contributed by atoms with Gasteiger partial charge in [0.1, 0.15) is 11.4 Å². The maximum absolute atomic E-state index is 13.9. The summed E-state index contributed by atoms with van der Waals surface area (Å²) in [6.07, 6.45) is -0.441. The molecular weight excluding hydrogens is 355 g/mol. The number of anilines is 1. The molecule has 144 valence electrons. The van der Waals surface area contributed by atoms with Gasteiger partial charge in [-0.1, -0.05) is 12.1 Å². The fourth-order valence-corrected chi connectivity index (χ4v) is 2.90. The summed E-state index contributed by atoms with van der Waals surface area (Å²) in [4.78, 5) is 15.6. The largest absolute Gasteiger partial charge is 0.444 e. The molecule has 0 unspecified atom stereocenters. The van der Waals surface area contributed by atoms with Crippen LogP contribution < -0.4 is 15.5 Å². The van der Waals surface area contributed by atoms with Crippen LogP contribution in [-0.2, 0) is 4.74 Å². The van der Waals surface area contributed by atoms with Crippen LogP contribution in [0.5, 0.6) is 0 Å². The van der Waals surface area contributed by atoms with Crippen molar-refractivity contribution in [1.82, 2.24) is 15.5 Å². The number of carbonyl (C=O) groups is 1. The number of thiocarbonyl (C=S) groups is 1. The number of para-hydroxylation sites is 1. The lowest BCUT2D eigenvalue weighted by atomic mass is 10.2. The number of nitrogens with zero attached hydrogens (tertiary/aromatic N) is 2. The Morgan fingerprint density at radius 2 is 1.77 bits per heavy atom. The average Bonchev–Trinajstić information content (AvgIpc) is 2.57. The van der Waals surface area contributed by atoms with Gasteiger partial charge in [-0.25, -0.2) is 9.18 Å². The van der Waals surface area contributed by atoms with Crippen molar-refractivity contribution in [3.8, 4) is 0 Å². The molecule has 1 heterocycles. The highest BCUT2D eigenvalue weighted by atomic mass is 32.1. The van der Waals surface area contributed by atoms with Crippen molar-refractivity contribution >= 4 is 29.1 Å². The van der Waals surface area contributed by atoms with Crippen LogP contribution in [0.1, 0.15) is 20.8 Å². The zero-order chi connectivity index (χ0) is 19.2. The van der Waals surface area contributed by atoms with Crippen molar-refractivity contribution in [3.63, 3.8) is 0 Å². The van der Waals surface area contributed by atoms with Crippen molar-refractivity contribution in [2.45, 2.75) is 26.4 Å². The van der Waals surface area contributed by atoms with Gasteiger partial charge in [-0.15, -0.1) is 0 Å². The van der Waals surface area contributed by atoms with E-state index in [2.05, 4.69) is 15.5 Å². The second-order valence-electron chi connectivity index (χ2n) is 7.09. The summed E-state index contributed by atoms with van der Waals surface area (Å²) < 4.78 is 19.0. The minimum atomic E-state index is -0.509. The van der Waals surface area contributed by atoms with Crippen LogP contribution in [0.3, 0.4) is 0 Å². The fraction of sp³-hybridized carbons (Fsp3) is 0.556. The summed E-state index contributed by atoms with van der Waals surface area (Å²) >= 11 is 5.40. The second kappa shape index (κ2) is 9.02. The van der Waals surface area contributed by atoms with Gasteiger partial charge in [-0.05, 0) is 45.1 Å². The Labute approximate surface area is 159 Å². The summed E-state index contributed by atoms with van der Waals surface area (Å²) in [6, 6.07) is 6.81. The van der Waals surface area contributed by atoms with Gasteiger partial charge in [0.25, 0.3) is 0 Å². The van der Waals surface area contributed by atoms with Crippen molar-refractivity contribution in [1.29, 1.82) is 0 Å². The summed E-state index contributed by atoms with van der Waals surface area (Å²) in [5.41, 5.74) is 0.123. The van der Waals surface area contributed by atoms with Gasteiger partial charge in [0.15, 0.2) is 5.11 Å². The lowest BCUT2D eigenvalue weighted by molar-refractivity contribution is 0.0529. The lowest BCUT2D eigenvalue weighted by Crippen LogP contribution is -2.52. The van der Waals surface area contributed by atoms with Gasteiger partial charge in [-0.2, -0.15) is 0 Å².